The van der Waals surface area contributed by atoms with Gasteiger partial charge in [-0.3, -0.25) is 9.59 Å². The Bertz CT molecular complexity index is 346. The minimum atomic E-state index is -0.417. The van der Waals surface area contributed by atoms with Gasteiger partial charge in [0.1, 0.15) is 0 Å². The van der Waals surface area contributed by atoms with Crippen LogP contribution in [0.1, 0.15) is 45.4 Å². The summed E-state index contributed by atoms with van der Waals surface area (Å²) in [6, 6.07) is -0.111. The Morgan fingerprint density at radius 2 is 1.95 bits per heavy atom. The van der Waals surface area contributed by atoms with Gasteiger partial charge in [-0.2, -0.15) is 0 Å². The molecule has 0 aromatic heterocycles. The second-order valence-electron chi connectivity index (χ2n) is 5.89. The summed E-state index contributed by atoms with van der Waals surface area (Å²) >= 11 is 0. The largest absolute Gasteiger partial charge is 0.391 e. The average Bonchev–Trinajstić information content (AvgIpc) is 3.09. The highest BCUT2D eigenvalue weighted by Crippen LogP contribution is 2.37. The molecule has 2 rings (SSSR count). The first kappa shape index (κ1) is 14.3. The quantitative estimate of drug-likeness (QED) is 0.682. The zero-order chi connectivity index (χ0) is 13.8. The molecule has 3 N–H and O–H groups in total. The van der Waals surface area contributed by atoms with E-state index in [0.717, 1.165) is 32.1 Å². The van der Waals surface area contributed by atoms with Crippen molar-refractivity contribution in [2.75, 3.05) is 6.54 Å². The number of carbonyl (C=O) groups excluding carboxylic acids is 2. The van der Waals surface area contributed by atoms with Gasteiger partial charge in [0.2, 0.25) is 11.8 Å². The smallest absolute Gasteiger partial charge is 0.223 e. The lowest BCUT2D eigenvalue weighted by molar-refractivity contribution is -0.124. The number of aliphatic hydroxyl groups excluding tert-OH is 1. The first-order chi connectivity index (χ1) is 9.08. The second kappa shape index (κ2) is 6.37. The lowest BCUT2D eigenvalue weighted by Crippen LogP contribution is -2.45. The molecular weight excluding hydrogens is 244 g/mol. The molecule has 2 aliphatic carbocycles. The highest BCUT2D eigenvalue weighted by molar-refractivity contribution is 5.82. The molecule has 19 heavy (non-hydrogen) atoms. The number of carbonyl (C=O) groups is 2. The van der Waals surface area contributed by atoms with Gasteiger partial charge in [-0.15, -0.1) is 0 Å². The van der Waals surface area contributed by atoms with E-state index in [-0.39, 0.29) is 30.2 Å². The van der Waals surface area contributed by atoms with E-state index in [1.807, 2.05) is 0 Å². The molecule has 2 amide bonds. The molecular formula is C14H24N2O3. The fourth-order valence-electron chi connectivity index (χ4n) is 2.68. The topological polar surface area (TPSA) is 78.4 Å². The fourth-order valence-corrected chi connectivity index (χ4v) is 2.68. The van der Waals surface area contributed by atoms with Gasteiger partial charge in [0.15, 0.2) is 0 Å². The maximum Gasteiger partial charge on any atom is 0.223 e. The van der Waals surface area contributed by atoms with Crippen LogP contribution in [0, 0.1) is 11.8 Å². The molecule has 0 bridgehead atoms. The number of amides is 2. The van der Waals surface area contributed by atoms with Crippen LogP contribution in [0.15, 0.2) is 0 Å². The van der Waals surface area contributed by atoms with Crippen LogP contribution in [0.25, 0.3) is 0 Å². The standard InChI is InChI=1S/C14H24N2O3/c1-9-8-10(9)14(19)15-7-6-13(18)16-11-4-2-3-5-12(11)17/h9-12,17H,2-8H2,1H3,(H,15,19)(H,16,18)/t9?,10?,11-,12-/m1/s1. The molecule has 0 aliphatic heterocycles. The summed E-state index contributed by atoms with van der Waals surface area (Å²) in [5.74, 6) is 0.627. The van der Waals surface area contributed by atoms with E-state index in [4.69, 9.17) is 0 Å². The third-order valence-corrected chi connectivity index (χ3v) is 4.17. The van der Waals surface area contributed by atoms with E-state index < -0.39 is 6.10 Å². The average molecular weight is 268 g/mol. The highest BCUT2D eigenvalue weighted by Gasteiger charge is 2.38. The molecule has 2 fully saturated rings. The molecule has 108 valence electrons. The molecule has 4 atom stereocenters. The molecule has 5 nitrogen and oxygen atoms in total. The van der Waals surface area contributed by atoms with Crippen molar-refractivity contribution in [1.29, 1.82) is 0 Å². The van der Waals surface area contributed by atoms with Crippen molar-refractivity contribution in [2.45, 2.75) is 57.6 Å². The van der Waals surface area contributed by atoms with Crippen LogP contribution in [0.4, 0.5) is 0 Å². The maximum absolute atomic E-state index is 11.7. The van der Waals surface area contributed by atoms with Crippen molar-refractivity contribution < 1.29 is 14.7 Å². The van der Waals surface area contributed by atoms with Gasteiger partial charge < -0.3 is 15.7 Å². The van der Waals surface area contributed by atoms with Gasteiger partial charge >= 0.3 is 0 Å². The Morgan fingerprint density at radius 1 is 1.26 bits per heavy atom. The number of hydrogen-bond donors (Lipinski definition) is 3. The Balaban J connectivity index is 1.60. The van der Waals surface area contributed by atoms with Crippen molar-refractivity contribution in [3.05, 3.63) is 0 Å². The molecule has 0 saturated heterocycles. The predicted octanol–water partition coefficient (Wildman–Crippen LogP) is 0.568. The summed E-state index contributed by atoms with van der Waals surface area (Å²) < 4.78 is 0. The molecule has 5 heteroatoms. The lowest BCUT2D eigenvalue weighted by atomic mass is 9.92. The molecule has 0 radical (unpaired) electrons. The van der Waals surface area contributed by atoms with E-state index in [1.165, 1.54) is 0 Å². The van der Waals surface area contributed by atoms with Gasteiger partial charge in [-0.05, 0) is 25.2 Å². The lowest BCUT2D eigenvalue weighted by Gasteiger charge is -2.28. The molecule has 2 saturated carbocycles. The van der Waals surface area contributed by atoms with Crippen molar-refractivity contribution in [3.63, 3.8) is 0 Å². The predicted molar refractivity (Wildman–Crippen MR) is 71.3 cm³/mol. The Hall–Kier alpha value is -1.10. The molecule has 0 aromatic carbocycles. The Labute approximate surface area is 114 Å². The van der Waals surface area contributed by atoms with E-state index in [9.17, 15) is 14.7 Å². The number of nitrogens with one attached hydrogen (secondary N) is 2. The van der Waals surface area contributed by atoms with Crippen molar-refractivity contribution in [2.24, 2.45) is 11.8 Å². The molecule has 0 spiro atoms. The minimum absolute atomic E-state index is 0.0676. The molecule has 2 unspecified atom stereocenters. The molecule has 0 heterocycles. The molecule has 0 aromatic rings. The fraction of sp³-hybridized carbons (Fsp3) is 0.857. The first-order valence-electron chi connectivity index (χ1n) is 7.33. The summed E-state index contributed by atoms with van der Waals surface area (Å²) in [6.07, 6.45) is 4.53. The zero-order valence-corrected chi connectivity index (χ0v) is 11.5. The van der Waals surface area contributed by atoms with Gasteiger partial charge in [0.25, 0.3) is 0 Å². The van der Waals surface area contributed by atoms with Gasteiger partial charge in [-0.1, -0.05) is 19.8 Å². The van der Waals surface area contributed by atoms with Crippen LogP contribution in [0.2, 0.25) is 0 Å². The van der Waals surface area contributed by atoms with Crippen molar-refractivity contribution >= 4 is 11.8 Å². The highest BCUT2D eigenvalue weighted by atomic mass is 16.3. The van der Waals surface area contributed by atoms with Crippen molar-refractivity contribution in [1.82, 2.24) is 10.6 Å². The van der Waals surface area contributed by atoms with Crippen LogP contribution < -0.4 is 10.6 Å². The van der Waals surface area contributed by atoms with Crippen LogP contribution in [-0.2, 0) is 9.59 Å². The zero-order valence-electron chi connectivity index (χ0n) is 11.5. The van der Waals surface area contributed by atoms with Crippen LogP contribution in [0.3, 0.4) is 0 Å². The summed E-state index contributed by atoms with van der Waals surface area (Å²) in [5, 5.41) is 15.4. The SMILES string of the molecule is CC1CC1C(=O)NCCC(=O)N[C@@H]1CCCC[C@H]1O. The summed E-state index contributed by atoms with van der Waals surface area (Å²) in [7, 11) is 0. The van der Waals surface area contributed by atoms with E-state index >= 15 is 0 Å². The first-order valence-corrected chi connectivity index (χ1v) is 7.33. The van der Waals surface area contributed by atoms with Gasteiger partial charge in [0.05, 0.1) is 12.1 Å². The summed E-state index contributed by atoms with van der Waals surface area (Å²) in [5.41, 5.74) is 0. The van der Waals surface area contributed by atoms with E-state index in [1.54, 1.807) is 0 Å². The molecule has 2 aliphatic rings. The Morgan fingerprint density at radius 3 is 2.58 bits per heavy atom. The maximum atomic E-state index is 11.7. The summed E-state index contributed by atoms with van der Waals surface area (Å²) in [4.78, 5) is 23.3. The van der Waals surface area contributed by atoms with Crippen LogP contribution >= 0.6 is 0 Å². The number of hydrogen-bond acceptors (Lipinski definition) is 3. The third kappa shape index (κ3) is 4.20. The van der Waals surface area contributed by atoms with E-state index in [0.29, 0.717) is 12.5 Å². The summed E-state index contributed by atoms with van der Waals surface area (Å²) in [6.45, 7) is 2.44. The third-order valence-electron chi connectivity index (χ3n) is 4.17. The Kier molecular flexibility index (Phi) is 4.80. The van der Waals surface area contributed by atoms with Crippen LogP contribution in [0.5, 0.6) is 0 Å². The van der Waals surface area contributed by atoms with Crippen molar-refractivity contribution in [3.8, 4) is 0 Å². The number of aliphatic hydroxyl groups is 1. The van der Waals surface area contributed by atoms with Gasteiger partial charge in [0, 0.05) is 18.9 Å². The monoisotopic (exact) mass is 268 g/mol. The minimum Gasteiger partial charge on any atom is -0.391 e. The second-order valence-corrected chi connectivity index (χ2v) is 5.89. The number of rotatable bonds is 5. The van der Waals surface area contributed by atoms with E-state index in [2.05, 4.69) is 17.6 Å². The van der Waals surface area contributed by atoms with Gasteiger partial charge in [-0.25, -0.2) is 0 Å². The normalized spacial score (nSPS) is 33.6. The van der Waals surface area contributed by atoms with Crippen LogP contribution in [-0.4, -0.2) is 35.6 Å².